The third kappa shape index (κ3) is 4.93. The third-order valence-electron chi connectivity index (χ3n) is 8.01. The molecule has 1 N–H and O–H groups in total. The van der Waals surface area contributed by atoms with Crippen molar-refractivity contribution in [3.8, 4) is 16.9 Å². The average molecular weight is 521 g/mol. The molecule has 0 radical (unpaired) electrons. The zero-order chi connectivity index (χ0) is 26.2. The van der Waals surface area contributed by atoms with Crippen LogP contribution in [0.4, 0.5) is 0 Å². The van der Waals surface area contributed by atoms with Crippen LogP contribution >= 0.6 is 0 Å². The molecule has 2 heterocycles. The first-order chi connectivity index (χ1) is 17.8. The number of sulfonamides is 1. The fourth-order valence-electron chi connectivity index (χ4n) is 6.12. The molecule has 2 fully saturated rings. The Balaban J connectivity index is 1.45. The summed E-state index contributed by atoms with van der Waals surface area (Å²) >= 11 is 0. The maximum atomic E-state index is 13.7. The van der Waals surface area contributed by atoms with Crippen LogP contribution in [0.25, 0.3) is 11.1 Å². The smallest absolute Gasteiger partial charge is 0.243 e. The van der Waals surface area contributed by atoms with E-state index < -0.39 is 10.0 Å². The van der Waals surface area contributed by atoms with Gasteiger partial charge in [0, 0.05) is 38.2 Å². The highest BCUT2D eigenvalue weighted by atomic mass is 32.2. The van der Waals surface area contributed by atoms with Gasteiger partial charge in [-0.1, -0.05) is 48.5 Å². The van der Waals surface area contributed by atoms with Gasteiger partial charge in [-0.05, 0) is 79.3 Å². The van der Waals surface area contributed by atoms with Gasteiger partial charge in [0.15, 0.2) is 0 Å². The lowest BCUT2D eigenvalue weighted by Crippen LogP contribution is -2.68. The van der Waals surface area contributed by atoms with Gasteiger partial charge in [0.2, 0.25) is 10.0 Å². The minimum atomic E-state index is -3.59. The number of aryl methyl sites for hydroxylation is 2. The zero-order valence-electron chi connectivity index (χ0n) is 21.8. The van der Waals surface area contributed by atoms with Crippen molar-refractivity contribution in [1.29, 1.82) is 0 Å². The first-order valence-electron chi connectivity index (χ1n) is 13.0. The summed E-state index contributed by atoms with van der Waals surface area (Å²) in [6.07, 6.45) is 1.81. The largest absolute Gasteiger partial charge is 0.508 e. The average Bonchev–Trinajstić information content (AvgIpc) is 2.85. The van der Waals surface area contributed by atoms with Crippen molar-refractivity contribution in [2.75, 3.05) is 33.4 Å². The quantitative estimate of drug-likeness (QED) is 0.498. The number of aromatic hydroxyl groups is 1. The molecule has 37 heavy (non-hydrogen) atoms. The van der Waals surface area contributed by atoms with E-state index in [9.17, 15) is 13.5 Å². The summed E-state index contributed by atoms with van der Waals surface area (Å²) in [6, 6.07) is 21.6. The van der Waals surface area contributed by atoms with Gasteiger partial charge in [-0.15, -0.1) is 0 Å². The van der Waals surface area contributed by atoms with E-state index in [0.717, 1.165) is 41.6 Å². The Morgan fingerprint density at radius 2 is 1.68 bits per heavy atom. The van der Waals surface area contributed by atoms with Crippen LogP contribution in [0.5, 0.6) is 5.75 Å². The van der Waals surface area contributed by atoms with E-state index in [1.165, 1.54) is 5.56 Å². The Morgan fingerprint density at radius 3 is 2.38 bits per heavy atom. The summed E-state index contributed by atoms with van der Waals surface area (Å²) in [6.45, 7) is 6.45. The molecule has 2 aliphatic rings. The number of hydrogen-bond acceptors (Lipinski definition) is 5. The van der Waals surface area contributed by atoms with Gasteiger partial charge in [-0.25, -0.2) is 8.42 Å². The fraction of sp³-hybridized carbons (Fsp3) is 0.400. The Hall–Kier alpha value is -2.71. The summed E-state index contributed by atoms with van der Waals surface area (Å²) < 4.78 is 34.8. The van der Waals surface area contributed by atoms with Crippen LogP contribution in [0.3, 0.4) is 0 Å². The van der Waals surface area contributed by atoms with E-state index in [4.69, 9.17) is 4.74 Å². The number of methoxy groups -OCH3 is 1. The Labute approximate surface area is 220 Å². The molecule has 6 nitrogen and oxygen atoms in total. The molecular weight excluding hydrogens is 484 g/mol. The number of phenols is 1. The molecule has 5 rings (SSSR count). The van der Waals surface area contributed by atoms with Crippen LogP contribution in [0.15, 0.2) is 71.6 Å². The summed E-state index contributed by atoms with van der Waals surface area (Å²) in [4.78, 5) is 2.85. The predicted octanol–water partition coefficient (Wildman–Crippen LogP) is 4.94. The predicted molar refractivity (Wildman–Crippen MR) is 146 cm³/mol. The second-order valence-corrected chi connectivity index (χ2v) is 12.2. The van der Waals surface area contributed by atoms with Crippen molar-refractivity contribution in [3.63, 3.8) is 0 Å². The lowest BCUT2D eigenvalue weighted by atomic mass is 9.74. The normalized spacial score (nSPS) is 23.1. The number of nitrogens with zero attached hydrogens (tertiary/aromatic N) is 2. The van der Waals surface area contributed by atoms with Crippen molar-refractivity contribution in [1.82, 2.24) is 9.21 Å². The number of ether oxygens (including phenoxy) is 1. The first-order valence-corrected chi connectivity index (χ1v) is 14.5. The van der Waals surface area contributed by atoms with Crippen LogP contribution in [-0.4, -0.2) is 68.2 Å². The van der Waals surface area contributed by atoms with Gasteiger partial charge in [-0.2, -0.15) is 4.31 Å². The summed E-state index contributed by atoms with van der Waals surface area (Å²) in [7, 11) is -1.85. The lowest BCUT2D eigenvalue weighted by molar-refractivity contribution is -0.0635. The van der Waals surface area contributed by atoms with Gasteiger partial charge >= 0.3 is 0 Å². The SMILES string of the molecule is COC[C@@H]1C(c2ccc(-c3ccc(O)cc3C)cc2)[C@@H]2CN(S(=O)(=O)c3ccccc3C)CCCCN12. The highest BCUT2D eigenvalue weighted by Crippen LogP contribution is 2.43. The number of hydrogen-bond donors (Lipinski definition) is 1. The van der Waals surface area contributed by atoms with E-state index in [-0.39, 0.29) is 23.8 Å². The molecule has 3 aromatic carbocycles. The van der Waals surface area contributed by atoms with Gasteiger partial charge in [0.25, 0.3) is 0 Å². The third-order valence-corrected chi connectivity index (χ3v) is 10.0. The molecule has 7 heteroatoms. The van der Waals surface area contributed by atoms with Crippen molar-refractivity contribution < 1.29 is 18.3 Å². The van der Waals surface area contributed by atoms with Gasteiger partial charge in [-0.3, -0.25) is 4.90 Å². The molecule has 3 atom stereocenters. The van der Waals surface area contributed by atoms with Crippen molar-refractivity contribution >= 4 is 10.0 Å². The molecule has 196 valence electrons. The van der Waals surface area contributed by atoms with Crippen molar-refractivity contribution in [2.24, 2.45) is 0 Å². The topological polar surface area (TPSA) is 70.1 Å². The first kappa shape index (κ1) is 25.9. The molecule has 0 bridgehead atoms. The minimum absolute atomic E-state index is 0.0977. The molecule has 1 unspecified atom stereocenters. The molecule has 2 saturated heterocycles. The van der Waals surface area contributed by atoms with Gasteiger partial charge < -0.3 is 9.84 Å². The maximum absolute atomic E-state index is 13.7. The summed E-state index contributed by atoms with van der Waals surface area (Å²) in [5, 5.41) is 9.78. The molecule has 0 aliphatic carbocycles. The van der Waals surface area contributed by atoms with Gasteiger partial charge in [0.05, 0.1) is 11.5 Å². The van der Waals surface area contributed by atoms with E-state index in [0.29, 0.717) is 24.6 Å². The zero-order valence-corrected chi connectivity index (χ0v) is 22.6. The monoisotopic (exact) mass is 520 g/mol. The fourth-order valence-corrected chi connectivity index (χ4v) is 7.84. The molecule has 0 aromatic heterocycles. The Kier molecular flexibility index (Phi) is 7.41. The Morgan fingerprint density at radius 1 is 0.946 bits per heavy atom. The van der Waals surface area contributed by atoms with Crippen LogP contribution in [0.2, 0.25) is 0 Å². The number of benzene rings is 3. The number of rotatable bonds is 6. The van der Waals surface area contributed by atoms with E-state index in [1.807, 2.05) is 32.0 Å². The molecule has 3 aromatic rings. The number of phenolic OH excluding ortho intramolecular Hbond substituents is 1. The van der Waals surface area contributed by atoms with E-state index in [2.05, 4.69) is 29.2 Å². The van der Waals surface area contributed by atoms with Crippen LogP contribution in [0.1, 0.15) is 35.4 Å². The molecule has 0 spiro atoms. The van der Waals surface area contributed by atoms with E-state index >= 15 is 0 Å². The molecule has 0 saturated carbocycles. The van der Waals surface area contributed by atoms with Crippen LogP contribution in [0, 0.1) is 13.8 Å². The maximum Gasteiger partial charge on any atom is 0.243 e. The lowest BCUT2D eigenvalue weighted by Gasteiger charge is -2.57. The summed E-state index contributed by atoms with van der Waals surface area (Å²) in [5.41, 5.74) is 5.20. The molecular formula is C30H36N2O4S. The van der Waals surface area contributed by atoms with Crippen molar-refractivity contribution in [3.05, 3.63) is 83.4 Å². The van der Waals surface area contributed by atoms with Crippen LogP contribution < -0.4 is 0 Å². The van der Waals surface area contributed by atoms with Crippen LogP contribution in [-0.2, 0) is 14.8 Å². The second kappa shape index (κ2) is 10.6. The molecule has 0 amide bonds. The summed E-state index contributed by atoms with van der Waals surface area (Å²) in [5.74, 6) is 0.451. The van der Waals surface area contributed by atoms with Gasteiger partial charge in [0.1, 0.15) is 5.75 Å². The highest BCUT2D eigenvalue weighted by Gasteiger charge is 2.50. The minimum Gasteiger partial charge on any atom is -0.508 e. The highest BCUT2D eigenvalue weighted by molar-refractivity contribution is 7.89. The molecule has 2 aliphatic heterocycles. The van der Waals surface area contributed by atoms with Crippen molar-refractivity contribution in [2.45, 2.75) is 49.6 Å². The van der Waals surface area contributed by atoms with E-state index in [1.54, 1.807) is 35.7 Å². The standard InChI is InChI=1S/C30H36N2O4S/c1-21-8-4-5-9-29(21)37(34,35)31-16-6-7-17-32-27(19-31)30(28(32)20-36-3)24-12-10-23(11-13-24)26-15-14-25(33)18-22(26)2/h4-5,8-15,18,27-28,30,33H,6-7,16-17,19-20H2,1-3H3/t27-,28+,30?/m0/s1. The second-order valence-electron chi connectivity index (χ2n) is 10.3. The number of fused-ring (bicyclic) bond motifs is 1. The Bertz CT molecular complexity index is 1360.